The average molecular weight is 232 g/mol. The number of ketones is 1. The van der Waals surface area contributed by atoms with Gasteiger partial charge in [-0.3, -0.25) is 4.79 Å². The second-order valence-corrected chi connectivity index (χ2v) is 3.68. The molecule has 0 N–H and O–H groups in total. The van der Waals surface area contributed by atoms with E-state index in [4.69, 9.17) is 0 Å². The molecule has 0 saturated carbocycles. The predicted molar refractivity (Wildman–Crippen MR) is 59.3 cm³/mol. The summed E-state index contributed by atoms with van der Waals surface area (Å²) in [7, 11) is 0. The maximum atomic E-state index is 12.8. The second kappa shape index (κ2) is 6.56. The first-order valence-electron chi connectivity index (χ1n) is 4.65. The zero-order valence-electron chi connectivity index (χ0n) is 8.96. The molecule has 84 valence electrons. The van der Waals surface area contributed by atoms with Gasteiger partial charge in [-0.1, -0.05) is 32.0 Å². The smallest absolute Gasteiger partial charge is 0.292 e. The average Bonchev–Trinajstić information content (AvgIpc) is 2.21. The van der Waals surface area contributed by atoms with Crippen molar-refractivity contribution in [3.63, 3.8) is 0 Å². The Hall–Kier alpha value is -0.900. The van der Waals surface area contributed by atoms with Crippen LogP contribution in [-0.2, 0) is 4.79 Å². The highest BCUT2D eigenvalue weighted by atomic mass is 32.2. The molecule has 1 rings (SSSR count). The fourth-order valence-corrected chi connectivity index (χ4v) is 1.44. The van der Waals surface area contributed by atoms with E-state index in [-0.39, 0.29) is 11.8 Å². The largest absolute Gasteiger partial charge is 0.355 e. The van der Waals surface area contributed by atoms with Crippen LogP contribution in [0.1, 0.15) is 20.8 Å². The van der Waals surface area contributed by atoms with Gasteiger partial charge in [0.2, 0.25) is 5.78 Å². The van der Waals surface area contributed by atoms with Crippen molar-refractivity contribution >= 4 is 17.5 Å². The highest BCUT2D eigenvalue weighted by molar-refractivity contribution is 8.01. The first-order valence-corrected chi connectivity index (χ1v) is 5.47. The summed E-state index contributed by atoms with van der Waals surface area (Å²) in [5, 5.41) is -3.32. The standard InChI is InChI=1S/C9H8F2OS.C2H6/c1-7(12)9(10,11)13-8-5-3-2-4-6-8;1-2/h2-6H,1H3;1-2H3. The molecule has 1 aromatic carbocycles. The molecular weight excluding hydrogens is 218 g/mol. The van der Waals surface area contributed by atoms with Crippen LogP contribution in [0.2, 0.25) is 0 Å². The van der Waals surface area contributed by atoms with Crippen molar-refractivity contribution < 1.29 is 13.6 Å². The van der Waals surface area contributed by atoms with Gasteiger partial charge in [-0.2, -0.15) is 8.78 Å². The van der Waals surface area contributed by atoms with Gasteiger partial charge >= 0.3 is 5.25 Å². The van der Waals surface area contributed by atoms with E-state index in [0.29, 0.717) is 4.90 Å². The minimum absolute atomic E-state index is 0.271. The van der Waals surface area contributed by atoms with Crippen molar-refractivity contribution in [3.8, 4) is 0 Å². The lowest BCUT2D eigenvalue weighted by Crippen LogP contribution is -2.20. The Morgan fingerprint density at radius 1 is 1.20 bits per heavy atom. The molecule has 0 amide bonds. The quantitative estimate of drug-likeness (QED) is 0.733. The third-order valence-electron chi connectivity index (χ3n) is 1.40. The molecule has 0 aromatic heterocycles. The lowest BCUT2D eigenvalue weighted by Gasteiger charge is -2.11. The first kappa shape index (κ1) is 14.1. The Morgan fingerprint density at radius 2 is 1.67 bits per heavy atom. The molecule has 0 aliphatic rings. The minimum atomic E-state index is -3.32. The van der Waals surface area contributed by atoms with E-state index in [1.807, 2.05) is 13.8 Å². The number of benzene rings is 1. The number of thioether (sulfide) groups is 1. The molecule has 0 spiro atoms. The van der Waals surface area contributed by atoms with Gasteiger partial charge in [0, 0.05) is 11.8 Å². The number of carbonyl (C=O) groups is 1. The van der Waals surface area contributed by atoms with Gasteiger partial charge in [0.25, 0.3) is 0 Å². The highest BCUT2D eigenvalue weighted by Crippen LogP contribution is 2.35. The number of halogens is 2. The zero-order valence-corrected chi connectivity index (χ0v) is 9.78. The van der Waals surface area contributed by atoms with Crippen LogP contribution < -0.4 is 0 Å². The summed E-state index contributed by atoms with van der Waals surface area (Å²) in [6.45, 7) is 4.88. The molecule has 0 radical (unpaired) electrons. The SMILES string of the molecule is CC.CC(=O)C(F)(F)Sc1ccccc1. The Morgan fingerprint density at radius 3 is 2.07 bits per heavy atom. The number of rotatable bonds is 3. The zero-order chi connectivity index (χ0) is 11.9. The van der Waals surface area contributed by atoms with Crippen molar-refractivity contribution in [2.45, 2.75) is 30.9 Å². The van der Waals surface area contributed by atoms with Crippen LogP contribution in [0.25, 0.3) is 0 Å². The van der Waals surface area contributed by atoms with Gasteiger partial charge in [0.1, 0.15) is 0 Å². The molecule has 4 heteroatoms. The van der Waals surface area contributed by atoms with Crippen LogP contribution in [-0.4, -0.2) is 11.0 Å². The molecule has 1 aromatic rings. The van der Waals surface area contributed by atoms with E-state index in [9.17, 15) is 13.6 Å². The molecule has 0 atom stereocenters. The summed E-state index contributed by atoms with van der Waals surface area (Å²) in [6.07, 6.45) is 0. The highest BCUT2D eigenvalue weighted by Gasteiger charge is 2.36. The van der Waals surface area contributed by atoms with E-state index in [2.05, 4.69) is 0 Å². The van der Waals surface area contributed by atoms with E-state index in [1.165, 1.54) is 0 Å². The third kappa shape index (κ3) is 4.93. The number of Topliss-reactive ketones (excluding diaryl/α,β-unsaturated/α-hetero) is 1. The second-order valence-electron chi connectivity index (χ2n) is 2.49. The summed E-state index contributed by atoms with van der Waals surface area (Å²) in [4.78, 5) is 10.9. The van der Waals surface area contributed by atoms with Gasteiger partial charge in [0.15, 0.2) is 0 Å². The van der Waals surface area contributed by atoms with E-state index < -0.39 is 11.0 Å². The van der Waals surface area contributed by atoms with Crippen LogP contribution in [0.4, 0.5) is 8.78 Å². The van der Waals surface area contributed by atoms with Crippen molar-refractivity contribution in [2.75, 3.05) is 0 Å². The molecule has 0 heterocycles. The predicted octanol–water partition coefficient (Wildman–Crippen LogP) is 3.99. The fourth-order valence-electron chi connectivity index (χ4n) is 0.708. The van der Waals surface area contributed by atoms with Crippen LogP contribution in [0.15, 0.2) is 35.2 Å². The van der Waals surface area contributed by atoms with Gasteiger partial charge < -0.3 is 0 Å². The van der Waals surface area contributed by atoms with E-state index in [0.717, 1.165) is 6.92 Å². The molecule has 0 saturated heterocycles. The Balaban J connectivity index is 0.000000921. The first-order chi connectivity index (χ1) is 7.02. The summed E-state index contributed by atoms with van der Waals surface area (Å²) < 4.78 is 25.7. The molecule has 0 bridgehead atoms. The van der Waals surface area contributed by atoms with Crippen LogP contribution in [0.5, 0.6) is 0 Å². The summed E-state index contributed by atoms with van der Waals surface area (Å²) >= 11 is 0.271. The summed E-state index contributed by atoms with van der Waals surface area (Å²) in [5.41, 5.74) is 0. The molecule has 0 aliphatic heterocycles. The number of alkyl halides is 2. The van der Waals surface area contributed by atoms with E-state index >= 15 is 0 Å². The number of carbonyl (C=O) groups excluding carboxylic acids is 1. The monoisotopic (exact) mass is 232 g/mol. The Labute approximate surface area is 92.9 Å². The number of hydrogen-bond donors (Lipinski definition) is 0. The summed E-state index contributed by atoms with van der Waals surface area (Å²) in [5.74, 6) is -1.12. The maximum Gasteiger partial charge on any atom is 0.355 e. The van der Waals surface area contributed by atoms with Crippen molar-refractivity contribution in [3.05, 3.63) is 30.3 Å². The van der Waals surface area contributed by atoms with Gasteiger partial charge in [-0.05, 0) is 23.9 Å². The van der Waals surface area contributed by atoms with Crippen LogP contribution in [0, 0.1) is 0 Å². The molecule has 0 fully saturated rings. The van der Waals surface area contributed by atoms with Crippen molar-refractivity contribution in [2.24, 2.45) is 0 Å². The number of hydrogen-bond acceptors (Lipinski definition) is 2. The van der Waals surface area contributed by atoms with Crippen molar-refractivity contribution in [1.29, 1.82) is 0 Å². The van der Waals surface area contributed by atoms with Gasteiger partial charge in [0.05, 0.1) is 0 Å². The lowest BCUT2D eigenvalue weighted by atomic mass is 10.4. The molecule has 1 nitrogen and oxygen atoms in total. The normalized spacial score (nSPS) is 10.2. The molecule has 15 heavy (non-hydrogen) atoms. The lowest BCUT2D eigenvalue weighted by molar-refractivity contribution is -0.130. The third-order valence-corrected chi connectivity index (χ3v) is 2.45. The molecule has 0 aliphatic carbocycles. The van der Waals surface area contributed by atoms with Crippen LogP contribution in [0.3, 0.4) is 0 Å². The van der Waals surface area contributed by atoms with Gasteiger partial charge in [-0.25, -0.2) is 0 Å². The molecular formula is C11H14F2OS. The Kier molecular flexibility index (Phi) is 6.17. The maximum absolute atomic E-state index is 12.8. The minimum Gasteiger partial charge on any atom is -0.292 e. The van der Waals surface area contributed by atoms with E-state index in [1.54, 1.807) is 30.3 Å². The summed E-state index contributed by atoms with van der Waals surface area (Å²) in [6, 6.07) is 8.12. The fraction of sp³-hybridized carbons (Fsp3) is 0.364. The topological polar surface area (TPSA) is 17.1 Å². The van der Waals surface area contributed by atoms with Crippen LogP contribution >= 0.6 is 11.8 Å². The Bertz CT molecular complexity index is 299. The van der Waals surface area contributed by atoms with Gasteiger partial charge in [-0.15, -0.1) is 0 Å². The molecule has 0 unspecified atom stereocenters. The van der Waals surface area contributed by atoms with Crippen molar-refractivity contribution in [1.82, 2.24) is 0 Å².